The van der Waals surface area contributed by atoms with E-state index < -0.39 is 10.0 Å². The molecule has 1 aromatic heterocycles. The van der Waals surface area contributed by atoms with Crippen LogP contribution < -0.4 is 0 Å². The van der Waals surface area contributed by atoms with E-state index in [2.05, 4.69) is 5.16 Å². The first kappa shape index (κ1) is 24.1. The van der Waals surface area contributed by atoms with Gasteiger partial charge in [0.1, 0.15) is 11.5 Å². The number of carbonyl (C=O) groups excluding carboxylic acids is 1. The number of hydrogen-bond donors (Lipinski definition) is 2. The third kappa shape index (κ3) is 4.24. The van der Waals surface area contributed by atoms with Crippen LogP contribution in [0.15, 0.2) is 45.8 Å². The molecule has 11 heteroatoms. The number of hydrogen-bond acceptors (Lipinski definition) is 7. The van der Waals surface area contributed by atoms with E-state index >= 15 is 0 Å². The Labute approximate surface area is 202 Å². The second-order valence-electron chi connectivity index (χ2n) is 7.85. The Morgan fingerprint density at radius 2 is 1.82 bits per heavy atom. The number of phenols is 2. The van der Waals surface area contributed by atoms with E-state index in [0.29, 0.717) is 42.9 Å². The predicted molar refractivity (Wildman–Crippen MR) is 125 cm³/mol. The van der Waals surface area contributed by atoms with Crippen molar-refractivity contribution < 1.29 is 27.9 Å². The molecule has 0 spiro atoms. The molecule has 0 radical (unpaired) electrons. The minimum Gasteiger partial charge on any atom is -0.507 e. The summed E-state index contributed by atoms with van der Waals surface area (Å²) in [6, 6.07) is 8.40. The van der Waals surface area contributed by atoms with Gasteiger partial charge in [-0.15, -0.1) is 0 Å². The Bertz CT molecular complexity index is 1330. The maximum absolute atomic E-state index is 13.2. The van der Waals surface area contributed by atoms with Crippen LogP contribution in [0.1, 0.15) is 35.5 Å². The van der Waals surface area contributed by atoms with Gasteiger partial charge < -0.3 is 19.6 Å². The van der Waals surface area contributed by atoms with E-state index in [-0.39, 0.29) is 45.2 Å². The van der Waals surface area contributed by atoms with Crippen LogP contribution in [0.25, 0.3) is 11.3 Å². The minimum absolute atomic E-state index is 0.0430. The molecule has 2 N–H and O–H groups in total. The number of amides is 1. The van der Waals surface area contributed by atoms with E-state index in [4.69, 9.17) is 16.1 Å². The largest absolute Gasteiger partial charge is 0.507 e. The summed E-state index contributed by atoms with van der Waals surface area (Å²) < 4.78 is 32.2. The summed E-state index contributed by atoms with van der Waals surface area (Å²) in [7, 11) is -3.61. The molecule has 4 rings (SSSR count). The monoisotopic (exact) mass is 505 g/mol. The molecular weight excluding hydrogens is 482 g/mol. The fraction of sp³-hybridized carbons (Fsp3) is 0.304. The van der Waals surface area contributed by atoms with Gasteiger partial charge in [0.05, 0.1) is 27.7 Å². The van der Waals surface area contributed by atoms with Crippen molar-refractivity contribution in [3.63, 3.8) is 0 Å². The second-order valence-corrected chi connectivity index (χ2v) is 10.2. The number of carbonyl (C=O) groups is 1. The van der Waals surface area contributed by atoms with E-state index in [9.17, 15) is 23.4 Å². The van der Waals surface area contributed by atoms with Crippen LogP contribution in [0, 0.1) is 0 Å². The lowest BCUT2D eigenvalue weighted by Gasteiger charge is -2.26. The molecule has 0 fully saturated rings. The van der Waals surface area contributed by atoms with Gasteiger partial charge in [-0.3, -0.25) is 4.79 Å². The quantitative estimate of drug-likeness (QED) is 0.524. The molecule has 0 atom stereocenters. The number of nitrogens with zero attached hydrogens (tertiary/aromatic N) is 3. The van der Waals surface area contributed by atoms with E-state index in [0.717, 1.165) is 6.07 Å². The molecule has 1 amide bonds. The lowest BCUT2D eigenvalue weighted by atomic mass is 10.00. The fourth-order valence-corrected chi connectivity index (χ4v) is 5.62. The summed E-state index contributed by atoms with van der Waals surface area (Å²) in [6.45, 7) is 4.85. The Kier molecular flexibility index (Phi) is 6.57. The standard InChI is InChI=1S/C23H24ClN3O6S/c1-3-27(4-2)34(31,32)15-7-5-14(6-8-15)23(30)26-10-9-19-17(13-26)22(33-25-19)16-11-18(24)21(29)12-20(16)28/h5-8,11-12,28-29H,3-4,9-10,13H2,1-2H3. The molecule has 9 nitrogen and oxygen atoms in total. The first-order valence-corrected chi connectivity index (χ1v) is 12.6. The number of halogens is 1. The molecule has 0 unspecified atom stereocenters. The molecule has 34 heavy (non-hydrogen) atoms. The van der Waals surface area contributed by atoms with Crippen LogP contribution in [0.3, 0.4) is 0 Å². The highest BCUT2D eigenvalue weighted by Crippen LogP contribution is 2.40. The summed E-state index contributed by atoms with van der Waals surface area (Å²) in [4.78, 5) is 14.9. The highest BCUT2D eigenvalue weighted by molar-refractivity contribution is 7.89. The van der Waals surface area contributed by atoms with Crippen molar-refractivity contribution in [2.75, 3.05) is 19.6 Å². The van der Waals surface area contributed by atoms with Gasteiger partial charge in [-0.1, -0.05) is 30.6 Å². The zero-order valence-electron chi connectivity index (χ0n) is 18.7. The smallest absolute Gasteiger partial charge is 0.254 e. The summed E-state index contributed by atoms with van der Waals surface area (Å²) in [6.07, 6.45) is 0.450. The Hall–Kier alpha value is -3.08. The lowest BCUT2D eigenvalue weighted by Crippen LogP contribution is -2.36. The number of aromatic hydroxyl groups is 2. The van der Waals surface area contributed by atoms with Gasteiger partial charge in [0, 0.05) is 43.2 Å². The summed E-state index contributed by atoms with van der Waals surface area (Å²) in [5.41, 5.74) is 1.92. The van der Waals surface area contributed by atoms with Gasteiger partial charge in [0.25, 0.3) is 5.91 Å². The summed E-state index contributed by atoms with van der Waals surface area (Å²) >= 11 is 5.99. The molecule has 0 saturated carbocycles. The number of phenolic OH excluding ortho intramolecular Hbond substituents is 2. The molecule has 2 heterocycles. The number of fused-ring (bicyclic) bond motifs is 1. The van der Waals surface area contributed by atoms with Gasteiger partial charge in [0.15, 0.2) is 5.76 Å². The molecule has 3 aromatic rings. The Balaban J connectivity index is 1.58. The topological polar surface area (TPSA) is 124 Å². The van der Waals surface area contributed by atoms with Crippen molar-refractivity contribution in [2.45, 2.75) is 31.7 Å². The molecular formula is C23H24ClN3O6S. The highest BCUT2D eigenvalue weighted by Gasteiger charge is 2.30. The zero-order chi connectivity index (χ0) is 24.6. The molecule has 1 aliphatic heterocycles. The van der Waals surface area contributed by atoms with Crippen molar-refractivity contribution in [3.05, 3.63) is 58.2 Å². The normalized spacial score (nSPS) is 13.8. The van der Waals surface area contributed by atoms with E-state index in [1.54, 1.807) is 18.7 Å². The third-order valence-electron chi connectivity index (χ3n) is 5.88. The average molecular weight is 506 g/mol. The first-order valence-electron chi connectivity index (χ1n) is 10.8. The van der Waals surface area contributed by atoms with Crippen LogP contribution in [0.2, 0.25) is 5.02 Å². The van der Waals surface area contributed by atoms with Crippen LogP contribution >= 0.6 is 11.6 Å². The lowest BCUT2D eigenvalue weighted by molar-refractivity contribution is 0.0734. The van der Waals surface area contributed by atoms with E-state index in [1.165, 1.54) is 34.6 Å². The highest BCUT2D eigenvalue weighted by atomic mass is 35.5. The number of sulfonamides is 1. The SMILES string of the molecule is CCN(CC)S(=O)(=O)c1ccc(C(=O)N2CCc3noc(-c4cc(Cl)c(O)cc4O)c3C2)cc1. The van der Waals surface area contributed by atoms with Crippen molar-refractivity contribution in [3.8, 4) is 22.8 Å². The third-order valence-corrected chi connectivity index (χ3v) is 8.25. The minimum atomic E-state index is -3.61. The van der Waals surface area contributed by atoms with Gasteiger partial charge in [-0.25, -0.2) is 8.42 Å². The average Bonchev–Trinajstić information content (AvgIpc) is 3.24. The van der Waals surface area contributed by atoms with Gasteiger partial charge >= 0.3 is 0 Å². The van der Waals surface area contributed by atoms with Crippen LogP contribution in [0.5, 0.6) is 11.5 Å². The number of benzene rings is 2. The first-order chi connectivity index (χ1) is 16.2. The number of rotatable bonds is 6. The molecule has 1 aliphatic rings. The van der Waals surface area contributed by atoms with Gasteiger partial charge in [-0.2, -0.15) is 4.31 Å². The number of aromatic nitrogens is 1. The molecule has 2 aromatic carbocycles. The molecule has 0 aliphatic carbocycles. The van der Waals surface area contributed by atoms with Gasteiger partial charge in [0.2, 0.25) is 10.0 Å². The van der Waals surface area contributed by atoms with Crippen LogP contribution in [-0.4, -0.2) is 58.5 Å². The molecule has 0 saturated heterocycles. The van der Waals surface area contributed by atoms with E-state index in [1.807, 2.05) is 0 Å². The molecule has 0 bridgehead atoms. The van der Waals surface area contributed by atoms with Crippen molar-refractivity contribution in [1.29, 1.82) is 0 Å². The van der Waals surface area contributed by atoms with Crippen LogP contribution in [-0.2, 0) is 23.0 Å². The predicted octanol–water partition coefficient (Wildman–Crippen LogP) is 3.64. The summed E-state index contributed by atoms with van der Waals surface area (Å²) in [5, 5.41) is 24.1. The van der Waals surface area contributed by atoms with Crippen LogP contribution in [0.4, 0.5) is 0 Å². The van der Waals surface area contributed by atoms with Crippen molar-refractivity contribution in [2.24, 2.45) is 0 Å². The summed E-state index contributed by atoms with van der Waals surface area (Å²) in [5.74, 6) is -0.487. The maximum atomic E-state index is 13.2. The zero-order valence-corrected chi connectivity index (χ0v) is 20.2. The van der Waals surface area contributed by atoms with Crippen molar-refractivity contribution >= 4 is 27.5 Å². The van der Waals surface area contributed by atoms with Gasteiger partial charge in [-0.05, 0) is 30.3 Å². The Morgan fingerprint density at radius 3 is 2.47 bits per heavy atom. The Morgan fingerprint density at radius 1 is 1.15 bits per heavy atom. The molecule has 180 valence electrons. The fourth-order valence-electron chi connectivity index (χ4n) is 3.99. The maximum Gasteiger partial charge on any atom is 0.254 e. The second kappa shape index (κ2) is 9.28. The van der Waals surface area contributed by atoms with Crippen molar-refractivity contribution in [1.82, 2.24) is 14.4 Å².